The molecule has 1 aliphatic rings. The third-order valence-electron chi connectivity index (χ3n) is 6.53. The molecule has 3 nitrogen and oxygen atoms in total. The van der Waals surface area contributed by atoms with Crippen molar-refractivity contribution >= 4 is 54.7 Å². The van der Waals surface area contributed by atoms with Gasteiger partial charge in [-0.3, -0.25) is 14.5 Å². The molecular formula is C29H23NO2S2. The number of carbonyl (C=O) groups is 2. The molecule has 2 aromatic heterocycles. The number of aryl methyl sites for hydroxylation is 1. The predicted octanol–water partition coefficient (Wildman–Crippen LogP) is 8.15. The van der Waals surface area contributed by atoms with Crippen LogP contribution >= 0.6 is 22.7 Å². The molecule has 0 spiro atoms. The molecule has 0 fully saturated rings. The second-order valence-electron chi connectivity index (χ2n) is 8.86. The molecule has 3 heterocycles. The Morgan fingerprint density at radius 3 is 2.06 bits per heavy atom. The Hall–Kier alpha value is -3.28. The molecule has 5 aromatic rings. The number of imide groups is 1. The van der Waals surface area contributed by atoms with E-state index in [0.717, 1.165) is 23.3 Å². The molecule has 0 N–H and O–H groups in total. The van der Waals surface area contributed by atoms with Crippen LogP contribution in [-0.4, -0.2) is 23.3 Å². The molecule has 0 saturated heterocycles. The van der Waals surface area contributed by atoms with Gasteiger partial charge in [-0.15, -0.1) is 22.7 Å². The summed E-state index contributed by atoms with van der Waals surface area (Å²) in [6.07, 6.45) is 1.80. The smallest absolute Gasteiger partial charge is 0.271 e. The van der Waals surface area contributed by atoms with Crippen LogP contribution in [0.1, 0.15) is 45.4 Å². The normalized spacial score (nSPS) is 13.4. The lowest BCUT2D eigenvalue weighted by atomic mass is 10.0. The third-order valence-corrected chi connectivity index (χ3v) is 8.81. The van der Waals surface area contributed by atoms with E-state index in [1.54, 1.807) is 11.3 Å². The lowest BCUT2D eigenvalue weighted by molar-refractivity contribution is 0.0653. The molecule has 168 valence electrons. The van der Waals surface area contributed by atoms with Crippen LogP contribution in [0.5, 0.6) is 0 Å². The molecule has 5 heteroatoms. The van der Waals surface area contributed by atoms with Crippen LogP contribution in [0.4, 0.5) is 0 Å². The lowest BCUT2D eigenvalue weighted by Crippen LogP contribution is -2.30. The van der Waals surface area contributed by atoms with E-state index in [2.05, 4.69) is 74.5 Å². The first-order valence-corrected chi connectivity index (χ1v) is 13.2. The number of unbranched alkanes of at least 4 members (excludes halogenated alkanes) is 1. The fourth-order valence-corrected chi connectivity index (χ4v) is 6.87. The molecule has 0 radical (unpaired) electrons. The van der Waals surface area contributed by atoms with Gasteiger partial charge in [-0.25, -0.2) is 0 Å². The third kappa shape index (κ3) is 3.39. The van der Waals surface area contributed by atoms with Gasteiger partial charge in [0.1, 0.15) is 4.88 Å². The zero-order valence-corrected chi connectivity index (χ0v) is 20.7. The van der Waals surface area contributed by atoms with E-state index in [1.165, 1.54) is 53.1 Å². The molecule has 0 saturated carbocycles. The molecule has 2 amide bonds. The maximum atomic E-state index is 12.8. The van der Waals surface area contributed by atoms with Crippen molar-refractivity contribution in [1.82, 2.24) is 4.90 Å². The summed E-state index contributed by atoms with van der Waals surface area (Å²) in [5.74, 6) is -0.293. The van der Waals surface area contributed by atoms with Gasteiger partial charge in [0.25, 0.3) is 11.8 Å². The summed E-state index contributed by atoms with van der Waals surface area (Å²) in [6, 6.07) is 23.7. The average molecular weight is 482 g/mol. The minimum Gasteiger partial charge on any atom is -0.274 e. The zero-order chi connectivity index (χ0) is 23.4. The highest BCUT2D eigenvalue weighted by Crippen LogP contribution is 2.41. The highest BCUT2D eigenvalue weighted by atomic mass is 32.1. The van der Waals surface area contributed by atoms with Crippen LogP contribution in [0.25, 0.3) is 41.7 Å². The van der Waals surface area contributed by atoms with Crippen molar-refractivity contribution < 1.29 is 9.59 Å². The molecular weight excluding hydrogens is 458 g/mol. The molecule has 34 heavy (non-hydrogen) atoms. The standard InChI is InChI=1S/C29H23NO2S2/c1-3-4-13-30-28(31)23-16-24(34-27(23)29(30)32)20-10-12-22-21-11-9-19(14-25(21)33-26(22)15-20)18-7-5-17(2)6-8-18/h5-12,14-16H,3-4,13H2,1-2H3. The first-order chi connectivity index (χ1) is 16.5. The van der Waals surface area contributed by atoms with Crippen LogP contribution in [0, 0.1) is 6.92 Å². The minimum absolute atomic E-state index is 0.142. The molecule has 0 bridgehead atoms. The minimum atomic E-state index is -0.150. The molecule has 3 aromatic carbocycles. The Morgan fingerprint density at radius 2 is 1.38 bits per heavy atom. The van der Waals surface area contributed by atoms with Crippen molar-refractivity contribution in [3.8, 4) is 21.6 Å². The van der Waals surface area contributed by atoms with E-state index in [9.17, 15) is 9.59 Å². The topological polar surface area (TPSA) is 37.4 Å². The van der Waals surface area contributed by atoms with Crippen molar-refractivity contribution in [3.05, 3.63) is 82.7 Å². The molecule has 0 unspecified atom stereocenters. The lowest BCUT2D eigenvalue weighted by Gasteiger charge is -2.12. The number of rotatable bonds is 5. The van der Waals surface area contributed by atoms with Crippen LogP contribution < -0.4 is 0 Å². The summed E-state index contributed by atoms with van der Waals surface area (Å²) in [7, 11) is 0. The number of hydrogen-bond donors (Lipinski definition) is 0. The zero-order valence-electron chi connectivity index (χ0n) is 19.1. The Bertz CT molecular complexity index is 1560. The quantitative estimate of drug-likeness (QED) is 0.238. The van der Waals surface area contributed by atoms with E-state index >= 15 is 0 Å². The van der Waals surface area contributed by atoms with Crippen LogP contribution in [0.2, 0.25) is 0 Å². The SMILES string of the molecule is CCCCN1C(=O)c2cc(-c3ccc4c(c3)sc3cc(-c5ccc(C)cc5)ccc34)sc2C1=O. The molecule has 6 rings (SSSR count). The monoisotopic (exact) mass is 481 g/mol. The van der Waals surface area contributed by atoms with Gasteiger partial charge >= 0.3 is 0 Å². The van der Waals surface area contributed by atoms with Gasteiger partial charge in [-0.05, 0) is 48.2 Å². The van der Waals surface area contributed by atoms with Gasteiger partial charge in [-0.2, -0.15) is 0 Å². The highest BCUT2D eigenvalue weighted by molar-refractivity contribution is 7.26. The highest BCUT2D eigenvalue weighted by Gasteiger charge is 2.37. The number of carbonyl (C=O) groups excluding carboxylic acids is 2. The van der Waals surface area contributed by atoms with Crippen molar-refractivity contribution in [3.63, 3.8) is 0 Å². The van der Waals surface area contributed by atoms with Gasteiger partial charge in [0.2, 0.25) is 0 Å². The Kier molecular flexibility index (Phi) is 5.12. The molecule has 1 aliphatic heterocycles. The van der Waals surface area contributed by atoms with Crippen molar-refractivity contribution in [1.29, 1.82) is 0 Å². The second-order valence-corrected chi connectivity index (χ2v) is 11.0. The van der Waals surface area contributed by atoms with Crippen molar-refractivity contribution in [2.45, 2.75) is 26.7 Å². The number of amides is 2. The maximum absolute atomic E-state index is 12.8. The van der Waals surface area contributed by atoms with Crippen molar-refractivity contribution in [2.24, 2.45) is 0 Å². The van der Waals surface area contributed by atoms with E-state index < -0.39 is 0 Å². The van der Waals surface area contributed by atoms with Crippen LogP contribution in [0.15, 0.2) is 66.7 Å². The fourth-order valence-electron chi connectivity index (χ4n) is 4.59. The molecule has 0 aliphatic carbocycles. The van der Waals surface area contributed by atoms with Gasteiger partial charge in [0.05, 0.1) is 5.56 Å². The van der Waals surface area contributed by atoms with Crippen LogP contribution in [-0.2, 0) is 0 Å². The van der Waals surface area contributed by atoms with E-state index in [1.807, 2.05) is 6.07 Å². The number of fused-ring (bicyclic) bond motifs is 4. The van der Waals surface area contributed by atoms with E-state index in [4.69, 9.17) is 0 Å². The summed E-state index contributed by atoms with van der Waals surface area (Å²) in [5, 5.41) is 2.49. The van der Waals surface area contributed by atoms with Gasteiger partial charge in [0.15, 0.2) is 0 Å². The molecule has 0 atom stereocenters. The summed E-state index contributed by atoms with van der Waals surface area (Å²) >= 11 is 3.22. The number of nitrogens with zero attached hydrogens (tertiary/aromatic N) is 1. The first kappa shape index (κ1) is 21.3. The van der Waals surface area contributed by atoms with Gasteiger partial charge in [0, 0.05) is 31.6 Å². The first-order valence-electron chi connectivity index (χ1n) is 11.6. The summed E-state index contributed by atoms with van der Waals surface area (Å²) in [4.78, 5) is 28.5. The summed E-state index contributed by atoms with van der Waals surface area (Å²) < 4.78 is 2.47. The maximum Gasteiger partial charge on any atom is 0.271 e. The second kappa shape index (κ2) is 8.19. The largest absolute Gasteiger partial charge is 0.274 e. The summed E-state index contributed by atoms with van der Waals surface area (Å²) in [5.41, 5.74) is 5.31. The number of benzene rings is 3. The van der Waals surface area contributed by atoms with E-state index in [0.29, 0.717) is 17.0 Å². The predicted molar refractivity (Wildman–Crippen MR) is 143 cm³/mol. The fraction of sp³-hybridized carbons (Fsp3) is 0.172. The average Bonchev–Trinajstić information content (AvgIpc) is 3.50. The number of hydrogen-bond acceptors (Lipinski definition) is 4. The van der Waals surface area contributed by atoms with Crippen molar-refractivity contribution in [2.75, 3.05) is 6.54 Å². The Balaban J connectivity index is 1.36. The van der Waals surface area contributed by atoms with Gasteiger partial charge in [-0.1, -0.05) is 67.4 Å². The van der Waals surface area contributed by atoms with Crippen LogP contribution in [0.3, 0.4) is 0 Å². The Labute approximate surface area is 206 Å². The van der Waals surface area contributed by atoms with E-state index in [-0.39, 0.29) is 11.8 Å². The number of thiophene rings is 2. The summed E-state index contributed by atoms with van der Waals surface area (Å²) in [6.45, 7) is 4.67. The van der Waals surface area contributed by atoms with Gasteiger partial charge < -0.3 is 0 Å². The Morgan fingerprint density at radius 1 is 0.735 bits per heavy atom.